The molecule has 9 heteroatoms. The molecule has 0 bridgehead atoms. The van der Waals surface area contributed by atoms with E-state index in [4.69, 9.17) is 4.74 Å². The highest BCUT2D eigenvalue weighted by Crippen LogP contribution is 2.55. The molecular formula is C17H20N2O6S. The van der Waals surface area contributed by atoms with Crippen molar-refractivity contribution in [1.29, 1.82) is 0 Å². The van der Waals surface area contributed by atoms with Gasteiger partial charge in [-0.2, -0.15) is 0 Å². The Morgan fingerprint density at radius 3 is 2.65 bits per heavy atom. The van der Waals surface area contributed by atoms with Crippen LogP contribution in [0.2, 0.25) is 0 Å². The number of phenols is 1. The topological polar surface area (TPSA) is 116 Å². The zero-order chi connectivity index (χ0) is 19.3. The number of aromatic hydroxyl groups is 1. The molecule has 0 aliphatic carbocycles. The molecule has 140 valence electrons. The lowest BCUT2D eigenvalue weighted by atomic mass is 9.93. The number of aliphatic carboxylic acids is 1. The van der Waals surface area contributed by atoms with E-state index < -0.39 is 39.7 Å². The van der Waals surface area contributed by atoms with Gasteiger partial charge in [-0.3, -0.25) is 9.59 Å². The summed E-state index contributed by atoms with van der Waals surface area (Å²) in [6, 6.07) is 5.27. The Bertz CT molecular complexity index is 782. The van der Waals surface area contributed by atoms with E-state index in [9.17, 15) is 24.6 Å². The maximum absolute atomic E-state index is 12.7. The van der Waals surface area contributed by atoms with E-state index in [0.717, 1.165) is 0 Å². The van der Waals surface area contributed by atoms with Gasteiger partial charge >= 0.3 is 5.97 Å². The van der Waals surface area contributed by atoms with Crippen molar-refractivity contribution in [3.63, 3.8) is 0 Å². The van der Waals surface area contributed by atoms with Crippen molar-refractivity contribution in [2.24, 2.45) is 0 Å². The summed E-state index contributed by atoms with van der Waals surface area (Å²) < 4.78 is 4.65. The molecule has 0 aromatic heterocycles. The van der Waals surface area contributed by atoms with Gasteiger partial charge in [-0.1, -0.05) is 12.1 Å². The minimum atomic E-state index is -1.58. The summed E-state index contributed by atoms with van der Waals surface area (Å²) in [6.45, 7) is 3.49. The lowest BCUT2D eigenvalue weighted by Crippen LogP contribution is -2.80. The number of amides is 2. The molecule has 1 aromatic carbocycles. The quantitative estimate of drug-likeness (QED) is 0.504. The second-order valence-electron chi connectivity index (χ2n) is 6.86. The van der Waals surface area contributed by atoms with E-state index in [2.05, 4.69) is 5.32 Å². The van der Waals surface area contributed by atoms with Crippen molar-refractivity contribution in [3.8, 4) is 5.75 Å². The standard InChI is InChI=1S/C17H20N2O6S/c1-16(2)12(13(22)23)19-14(24)17(25-3,15(19)26-16)18-11(21)8-9-5-4-6-10(20)7-9/h4-7,12,15,20H,8H2,1-3H3,(H,18,21)(H,22,23)/t12-,15+,17+/m0/s1. The minimum absolute atomic E-state index is 0.0417. The molecule has 0 radical (unpaired) electrons. The van der Waals surface area contributed by atoms with Crippen LogP contribution in [0.15, 0.2) is 24.3 Å². The summed E-state index contributed by atoms with van der Waals surface area (Å²) in [5.74, 6) is -2.07. The first-order valence-electron chi connectivity index (χ1n) is 8.00. The van der Waals surface area contributed by atoms with Crippen molar-refractivity contribution in [2.75, 3.05) is 7.11 Å². The zero-order valence-electron chi connectivity index (χ0n) is 14.6. The van der Waals surface area contributed by atoms with Crippen LogP contribution in [0, 0.1) is 0 Å². The first kappa shape index (κ1) is 18.5. The molecule has 0 unspecified atom stereocenters. The number of hydrogen-bond acceptors (Lipinski definition) is 6. The Balaban J connectivity index is 1.79. The first-order chi connectivity index (χ1) is 12.1. The van der Waals surface area contributed by atoms with Crippen LogP contribution in [0.25, 0.3) is 0 Å². The first-order valence-corrected chi connectivity index (χ1v) is 8.88. The molecule has 2 saturated heterocycles. The molecule has 3 rings (SSSR count). The smallest absolute Gasteiger partial charge is 0.327 e. The molecular weight excluding hydrogens is 360 g/mol. The number of carboxylic acid groups (broad SMARTS) is 1. The van der Waals surface area contributed by atoms with Gasteiger partial charge in [0.2, 0.25) is 5.91 Å². The van der Waals surface area contributed by atoms with E-state index in [1.807, 2.05) is 0 Å². The summed E-state index contributed by atoms with van der Waals surface area (Å²) in [6.07, 6.45) is -0.0457. The third kappa shape index (κ3) is 2.71. The number of phenolic OH excluding ortho intramolecular Hbond substituents is 1. The fourth-order valence-corrected chi connectivity index (χ4v) is 5.16. The van der Waals surface area contributed by atoms with Crippen molar-refractivity contribution in [2.45, 2.75) is 42.2 Å². The fourth-order valence-electron chi connectivity index (χ4n) is 3.49. The van der Waals surface area contributed by atoms with Gasteiger partial charge in [-0.15, -0.1) is 11.8 Å². The lowest BCUT2D eigenvalue weighted by molar-refractivity contribution is -0.201. The van der Waals surface area contributed by atoms with Gasteiger partial charge in [0.05, 0.1) is 6.42 Å². The molecule has 2 heterocycles. The molecule has 2 aliphatic heterocycles. The highest BCUT2D eigenvalue weighted by Gasteiger charge is 2.73. The Morgan fingerprint density at radius 2 is 2.08 bits per heavy atom. The number of nitrogens with zero attached hydrogens (tertiary/aromatic N) is 1. The van der Waals surface area contributed by atoms with Crippen molar-refractivity contribution >= 4 is 29.5 Å². The van der Waals surface area contributed by atoms with Gasteiger partial charge < -0.3 is 25.2 Å². The van der Waals surface area contributed by atoms with E-state index in [1.54, 1.807) is 26.0 Å². The van der Waals surface area contributed by atoms with Gasteiger partial charge in [-0.25, -0.2) is 4.79 Å². The number of fused-ring (bicyclic) bond motifs is 1. The van der Waals surface area contributed by atoms with Crippen LogP contribution < -0.4 is 5.32 Å². The molecule has 2 aliphatic rings. The summed E-state index contributed by atoms with van der Waals surface area (Å²) in [4.78, 5) is 38.0. The number of β-lactam (4-membered cyclic amide) rings is 1. The second kappa shape index (κ2) is 6.17. The molecule has 8 nitrogen and oxygen atoms in total. The summed E-state index contributed by atoms with van der Waals surface area (Å²) in [5, 5.41) is 21.0. The number of nitrogens with one attached hydrogen (secondary N) is 1. The molecule has 0 saturated carbocycles. The van der Waals surface area contributed by atoms with E-state index in [1.165, 1.54) is 35.9 Å². The maximum atomic E-state index is 12.7. The Kier molecular flexibility index (Phi) is 4.40. The molecule has 0 spiro atoms. The van der Waals surface area contributed by atoms with Crippen LogP contribution in [0.5, 0.6) is 5.75 Å². The molecule has 1 aromatic rings. The third-order valence-corrected chi connectivity index (χ3v) is 6.27. The van der Waals surface area contributed by atoms with E-state index in [0.29, 0.717) is 5.56 Å². The van der Waals surface area contributed by atoms with Gasteiger partial charge in [-0.05, 0) is 31.5 Å². The number of hydrogen-bond donors (Lipinski definition) is 3. The summed E-state index contributed by atoms with van der Waals surface area (Å²) >= 11 is 1.28. The van der Waals surface area contributed by atoms with Crippen molar-refractivity contribution in [1.82, 2.24) is 10.2 Å². The largest absolute Gasteiger partial charge is 0.508 e. The number of benzene rings is 1. The van der Waals surface area contributed by atoms with Crippen LogP contribution >= 0.6 is 11.8 Å². The predicted octanol–water partition coefficient (Wildman–Crippen LogP) is 0.540. The normalized spacial score (nSPS) is 29.0. The zero-order valence-corrected chi connectivity index (χ0v) is 15.4. The Hall–Kier alpha value is -2.26. The lowest BCUT2D eigenvalue weighted by Gasteiger charge is -2.51. The highest BCUT2D eigenvalue weighted by atomic mass is 32.2. The number of carbonyl (C=O) groups is 3. The SMILES string of the molecule is CO[C@]1(NC(=O)Cc2cccc(O)c2)C(=O)N2[C@@H](C(=O)O)C(C)(C)S[C@@H]21. The van der Waals surface area contributed by atoms with Crippen LogP contribution in [-0.4, -0.2) is 61.9 Å². The fraction of sp³-hybridized carbons (Fsp3) is 0.471. The van der Waals surface area contributed by atoms with Crippen molar-refractivity contribution < 1.29 is 29.3 Å². The molecule has 3 atom stereocenters. The average Bonchev–Trinajstić information content (AvgIpc) is 2.81. The van der Waals surface area contributed by atoms with Crippen LogP contribution in [-0.2, 0) is 25.5 Å². The van der Waals surface area contributed by atoms with Crippen LogP contribution in [0.4, 0.5) is 0 Å². The molecule has 2 fully saturated rings. The van der Waals surface area contributed by atoms with Gasteiger partial charge in [0.1, 0.15) is 17.2 Å². The number of rotatable bonds is 5. The highest BCUT2D eigenvalue weighted by molar-refractivity contribution is 8.01. The minimum Gasteiger partial charge on any atom is -0.508 e. The summed E-state index contributed by atoms with van der Waals surface area (Å²) in [5.41, 5.74) is -1.000. The van der Waals surface area contributed by atoms with Gasteiger partial charge in [0.25, 0.3) is 11.6 Å². The average molecular weight is 380 g/mol. The summed E-state index contributed by atoms with van der Waals surface area (Å²) in [7, 11) is 1.31. The number of methoxy groups -OCH3 is 1. The van der Waals surface area contributed by atoms with Gasteiger partial charge in [0, 0.05) is 11.9 Å². The molecule has 3 N–H and O–H groups in total. The monoisotopic (exact) mass is 380 g/mol. The van der Waals surface area contributed by atoms with E-state index in [-0.39, 0.29) is 12.2 Å². The third-order valence-electron chi connectivity index (χ3n) is 4.66. The van der Waals surface area contributed by atoms with Gasteiger partial charge in [0.15, 0.2) is 0 Å². The number of thioether (sulfide) groups is 1. The number of carboxylic acids is 1. The van der Waals surface area contributed by atoms with Crippen LogP contribution in [0.1, 0.15) is 19.4 Å². The Morgan fingerprint density at radius 1 is 1.38 bits per heavy atom. The molecule has 2 amide bonds. The number of carbonyl (C=O) groups excluding carboxylic acids is 2. The molecule has 26 heavy (non-hydrogen) atoms. The van der Waals surface area contributed by atoms with Crippen molar-refractivity contribution in [3.05, 3.63) is 29.8 Å². The Labute approximate surface area is 154 Å². The van der Waals surface area contributed by atoms with Crippen LogP contribution in [0.3, 0.4) is 0 Å². The maximum Gasteiger partial charge on any atom is 0.327 e. The predicted molar refractivity (Wildman–Crippen MR) is 93.4 cm³/mol. The van der Waals surface area contributed by atoms with E-state index >= 15 is 0 Å². The second-order valence-corrected chi connectivity index (χ2v) is 8.60. The number of ether oxygens (including phenoxy) is 1.